The molecule has 2 rings (SSSR count). The third kappa shape index (κ3) is 6.87. The quantitative estimate of drug-likeness (QED) is 0.601. The molecular weight excluding hydrogens is 388 g/mol. The highest BCUT2D eigenvalue weighted by Crippen LogP contribution is 2.16. The van der Waals surface area contributed by atoms with Crippen LogP contribution in [0.3, 0.4) is 0 Å². The molecule has 0 fully saturated rings. The van der Waals surface area contributed by atoms with E-state index >= 15 is 0 Å². The van der Waals surface area contributed by atoms with Crippen molar-refractivity contribution in [1.82, 2.24) is 9.62 Å². The molecule has 2 aromatic carbocycles. The number of hydrogen-bond acceptors (Lipinski definition) is 4. The zero-order valence-corrected chi connectivity index (χ0v) is 18.4. The molecule has 1 amide bonds. The molecule has 0 spiro atoms. The van der Waals surface area contributed by atoms with Gasteiger partial charge in [0.2, 0.25) is 15.9 Å². The lowest BCUT2D eigenvalue weighted by Gasteiger charge is -2.18. The van der Waals surface area contributed by atoms with Gasteiger partial charge >= 0.3 is 0 Å². The van der Waals surface area contributed by atoms with Crippen molar-refractivity contribution in [3.8, 4) is 5.75 Å². The van der Waals surface area contributed by atoms with Crippen molar-refractivity contribution in [1.29, 1.82) is 0 Å². The molecule has 0 bridgehead atoms. The summed E-state index contributed by atoms with van der Waals surface area (Å²) in [5.41, 5.74) is 3.02. The van der Waals surface area contributed by atoms with Gasteiger partial charge in [0.05, 0.1) is 11.5 Å². The van der Waals surface area contributed by atoms with Crippen molar-refractivity contribution in [3.05, 3.63) is 59.2 Å². The van der Waals surface area contributed by atoms with Crippen molar-refractivity contribution < 1.29 is 17.9 Å². The maximum atomic E-state index is 12.4. The molecule has 7 heteroatoms. The Kier molecular flexibility index (Phi) is 8.22. The number of sulfonamides is 1. The number of para-hydroxylation sites is 1. The Balaban J connectivity index is 1.72. The molecule has 158 valence electrons. The minimum atomic E-state index is -3.62. The van der Waals surface area contributed by atoms with Gasteiger partial charge in [-0.2, -0.15) is 0 Å². The van der Waals surface area contributed by atoms with Crippen LogP contribution in [-0.4, -0.2) is 46.0 Å². The number of carbonyl (C=O) groups excluding carboxylic acids is 1. The third-order valence-electron chi connectivity index (χ3n) is 4.83. The van der Waals surface area contributed by atoms with Crippen molar-refractivity contribution in [3.63, 3.8) is 0 Å². The highest BCUT2D eigenvalue weighted by molar-refractivity contribution is 7.89. The maximum Gasteiger partial charge on any atom is 0.240 e. The summed E-state index contributed by atoms with van der Waals surface area (Å²) in [5, 5.41) is 0. The molecule has 6 nitrogen and oxygen atoms in total. The average molecular weight is 419 g/mol. The Labute approximate surface area is 173 Å². The molecule has 0 atom stereocenters. The first-order valence-electron chi connectivity index (χ1n) is 9.70. The largest absolute Gasteiger partial charge is 0.493 e. The van der Waals surface area contributed by atoms with E-state index in [1.165, 1.54) is 0 Å². The number of amides is 1. The van der Waals surface area contributed by atoms with Crippen LogP contribution in [0.2, 0.25) is 0 Å². The maximum absolute atomic E-state index is 12.4. The number of nitrogens with zero attached hydrogens (tertiary/aromatic N) is 1. The van der Waals surface area contributed by atoms with Crippen LogP contribution in [0, 0.1) is 20.8 Å². The van der Waals surface area contributed by atoms with E-state index in [1.54, 1.807) is 30.1 Å². The Morgan fingerprint density at radius 3 is 2.45 bits per heavy atom. The molecule has 0 aliphatic rings. The SMILES string of the molecule is Cc1ccc(S(=O)(=O)NCCC(=O)N(C)CCCOc2ccccc2C)cc1C. The summed E-state index contributed by atoms with van der Waals surface area (Å²) in [6.45, 7) is 6.92. The summed E-state index contributed by atoms with van der Waals surface area (Å²) in [4.78, 5) is 14.1. The minimum Gasteiger partial charge on any atom is -0.493 e. The first-order chi connectivity index (χ1) is 13.7. The van der Waals surface area contributed by atoms with E-state index in [0.29, 0.717) is 19.6 Å². The Bertz CT molecular complexity index is 942. The fraction of sp³-hybridized carbons (Fsp3) is 0.409. The summed E-state index contributed by atoms with van der Waals surface area (Å²) >= 11 is 0. The number of nitrogens with one attached hydrogen (secondary N) is 1. The van der Waals surface area contributed by atoms with Crippen molar-refractivity contribution in [2.45, 2.75) is 38.5 Å². The molecule has 1 N–H and O–H groups in total. The van der Waals surface area contributed by atoms with Crippen LogP contribution < -0.4 is 9.46 Å². The molecule has 0 saturated carbocycles. The lowest BCUT2D eigenvalue weighted by Crippen LogP contribution is -2.33. The van der Waals surface area contributed by atoms with Gasteiger partial charge < -0.3 is 9.64 Å². The zero-order chi connectivity index (χ0) is 21.4. The predicted octanol–water partition coefficient (Wildman–Crippen LogP) is 3.21. The fourth-order valence-electron chi connectivity index (χ4n) is 2.77. The van der Waals surface area contributed by atoms with Crippen molar-refractivity contribution in [2.75, 3.05) is 26.7 Å². The number of aryl methyl sites for hydroxylation is 3. The minimum absolute atomic E-state index is 0.0676. The number of hydrogen-bond donors (Lipinski definition) is 1. The van der Waals surface area contributed by atoms with Crippen LogP contribution in [0.5, 0.6) is 5.75 Å². The third-order valence-corrected chi connectivity index (χ3v) is 6.29. The molecule has 2 aromatic rings. The molecule has 0 aliphatic carbocycles. The molecule has 0 heterocycles. The molecule has 0 radical (unpaired) electrons. The monoisotopic (exact) mass is 418 g/mol. The van der Waals surface area contributed by atoms with Gasteiger partial charge in [0.1, 0.15) is 5.75 Å². The lowest BCUT2D eigenvalue weighted by molar-refractivity contribution is -0.129. The van der Waals surface area contributed by atoms with Crippen LogP contribution in [0.4, 0.5) is 0 Å². The zero-order valence-electron chi connectivity index (χ0n) is 17.6. The summed E-state index contributed by atoms with van der Waals surface area (Å²) < 4.78 is 33.0. The van der Waals surface area contributed by atoms with Gasteiger partial charge in [-0.1, -0.05) is 24.3 Å². The van der Waals surface area contributed by atoms with E-state index in [0.717, 1.165) is 22.4 Å². The fourth-order valence-corrected chi connectivity index (χ4v) is 3.89. The van der Waals surface area contributed by atoms with E-state index in [2.05, 4.69) is 4.72 Å². The second-order valence-corrected chi connectivity index (χ2v) is 8.94. The Morgan fingerprint density at radius 1 is 1.03 bits per heavy atom. The van der Waals surface area contributed by atoms with Crippen LogP contribution in [0.15, 0.2) is 47.4 Å². The standard InChI is InChI=1S/C22H30N2O4S/c1-17-10-11-20(16-19(17)3)29(26,27)23-13-12-22(25)24(4)14-7-15-28-21-9-6-5-8-18(21)2/h5-6,8-11,16,23H,7,12-15H2,1-4H3. The van der Waals surface area contributed by atoms with Crippen LogP contribution >= 0.6 is 0 Å². The van der Waals surface area contributed by atoms with Gasteiger partial charge in [-0.05, 0) is 62.1 Å². The highest BCUT2D eigenvalue weighted by atomic mass is 32.2. The van der Waals surface area contributed by atoms with E-state index in [1.807, 2.05) is 45.0 Å². The number of carbonyl (C=O) groups is 1. The average Bonchev–Trinajstić information content (AvgIpc) is 2.68. The van der Waals surface area contributed by atoms with Gasteiger partial charge in [0, 0.05) is 26.6 Å². The summed E-state index contributed by atoms with van der Waals surface area (Å²) in [6.07, 6.45) is 0.810. The van der Waals surface area contributed by atoms with E-state index in [9.17, 15) is 13.2 Å². The predicted molar refractivity (Wildman–Crippen MR) is 115 cm³/mol. The lowest BCUT2D eigenvalue weighted by atomic mass is 10.1. The second kappa shape index (κ2) is 10.4. The van der Waals surface area contributed by atoms with Crippen LogP contribution in [0.25, 0.3) is 0 Å². The molecule has 0 unspecified atom stereocenters. The van der Waals surface area contributed by atoms with Crippen LogP contribution in [-0.2, 0) is 14.8 Å². The van der Waals surface area contributed by atoms with E-state index < -0.39 is 10.0 Å². The number of rotatable bonds is 10. The van der Waals surface area contributed by atoms with Crippen LogP contribution in [0.1, 0.15) is 29.5 Å². The summed E-state index contributed by atoms with van der Waals surface area (Å²) in [5.74, 6) is 0.742. The molecule has 0 saturated heterocycles. The molecule has 29 heavy (non-hydrogen) atoms. The van der Waals surface area contributed by atoms with Crippen molar-refractivity contribution in [2.24, 2.45) is 0 Å². The first-order valence-corrected chi connectivity index (χ1v) is 11.2. The van der Waals surface area contributed by atoms with E-state index in [4.69, 9.17) is 4.74 Å². The second-order valence-electron chi connectivity index (χ2n) is 7.18. The number of ether oxygens (including phenoxy) is 1. The molecule has 0 aliphatic heterocycles. The van der Waals surface area contributed by atoms with Gasteiger partial charge in [-0.25, -0.2) is 13.1 Å². The highest BCUT2D eigenvalue weighted by Gasteiger charge is 2.16. The Morgan fingerprint density at radius 2 is 1.76 bits per heavy atom. The first kappa shape index (κ1) is 22.9. The summed E-state index contributed by atoms with van der Waals surface area (Å²) in [6, 6.07) is 12.8. The molecule has 0 aromatic heterocycles. The Hall–Kier alpha value is -2.38. The van der Waals surface area contributed by atoms with E-state index in [-0.39, 0.29) is 23.8 Å². The van der Waals surface area contributed by atoms with Gasteiger partial charge in [-0.3, -0.25) is 4.79 Å². The van der Waals surface area contributed by atoms with Gasteiger partial charge in [0.25, 0.3) is 0 Å². The number of benzene rings is 2. The molecular formula is C22H30N2O4S. The van der Waals surface area contributed by atoms with Gasteiger partial charge in [0.15, 0.2) is 0 Å². The van der Waals surface area contributed by atoms with Crippen molar-refractivity contribution >= 4 is 15.9 Å². The van der Waals surface area contributed by atoms with Gasteiger partial charge in [-0.15, -0.1) is 0 Å². The summed E-state index contributed by atoms with van der Waals surface area (Å²) in [7, 11) is -1.90. The normalized spacial score (nSPS) is 11.3. The topological polar surface area (TPSA) is 75.7 Å². The smallest absolute Gasteiger partial charge is 0.240 e.